The summed E-state index contributed by atoms with van der Waals surface area (Å²) < 4.78 is 24.6. The molecular formula is C18H29BN2O9. The highest BCUT2D eigenvalue weighted by atomic mass is 16.6. The largest absolute Gasteiger partial charge is 0.460 e. The molecule has 2 N–H and O–H groups in total. The van der Waals surface area contributed by atoms with Crippen molar-refractivity contribution in [3.05, 3.63) is 24.3 Å². The second kappa shape index (κ2) is 16.9. The molecule has 2 amide bonds. The van der Waals surface area contributed by atoms with E-state index in [1.54, 1.807) is 0 Å². The van der Waals surface area contributed by atoms with Gasteiger partial charge < -0.3 is 34.2 Å². The summed E-state index contributed by atoms with van der Waals surface area (Å²) >= 11 is 0. The number of amides is 2. The Kier molecular flexibility index (Phi) is 15.2. The van der Waals surface area contributed by atoms with Crippen molar-refractivity contribution in [3.8, 4) is 0 Å². The summed E-state index contributed by atoms with van der Waals surface area (Å²) in [5.74, 6) is -1.04. The van der Waals surface area contributed by atoms with Crippen molar-refractivity contribution in [1.82, 2.24) is 10.6 Å². The lowest BCUT2D eigenvalue weighted by atomic mass is 9.96. The smallest absolute Gasteiger partial charge is 0.407 e. The fourth-order valence-electron chi connectivity index (χ4n) is 1.56. The Hall–Kier alpha value is -3.02. The van der Waals surface area contributed by atoms with E-state index in [4.69, 9.17) is 23.6 Å². The second-order valence-electron chi connectivity index (χ2n) is 5.92. The molecule has 0 unspecified atom stereocenters. The molecule has 11 nitrogen and oxygen atoms in total. The van der Waals surface area contributed by atoms with Crippen molar-refractivity contribution >= 4 is 31.6 Å². The van der Waals surface area contributed by atoms with E-state index in [9.17, 15) is 19.2 Å². The predicted octanol–water partition coefficient (Wildman–Crippen LogP) is 0.464. The predicted molar refractivity (Wildman–Crippen MR) is 108 cm³/mol. The summed E-state index contributed by atoms with van der Waals surface area (Å²) in [5.41, 5.74) is 0.563. The van der Waals surface area contributed by atoms with E-state index in [1.165, 1.54) is 13.8 Å². The van der Waals surface area contributed by atoms with E-state index >= 15 is 0 Å². The highest BCUT2D eigenvalue weighted by Gasteiger charge is 2.06. The number of rotatable bonds is 15. The van der Waals surface area contributed by atoms with Crippen LogP contribution in [0.25, 0.3) is 0 Å². The monoisotopic (exact) mass is 428 g/mol. The van der Waals surface area contributed by atoms with E-state index in [1.807, 2.05) is 0 Å². The van der Waals surface area contributed by atoms with Crippen LogP contribution in [-0.4, -0.2) is 77.7 Å². The summed E-state index contributed by atoms with van der Waals surface area (Å²) in [6.45, 7) is 10.6. The van der Waals surface area contributed by atoms with Crippen molar-refractivity contribution in [1.29, 1.82) is 0 Å². The molecule has 0 aromatic carbocycles. The van der Waals surface area contributed by atoms with Crippen LogP contribution in [0.1, 0.15) is 13.8 Å². The van der Waals surface area contributed by atoms with Crippen molar-refractivity contribution in [2.45, 2.75) is 20.2 Å². The van der Waals surface area contributed by atoms with Crippen LogP contribution in [0.2, 0.25) is 6.32 Å². The molecule has 0 aromatic heterocycles. The lowest BCUT2D eigenvalue weighted by molar-refractivity contribution is -0.139. The Balaban J connectivity index is 3.44. The van der Waals surface area contributed by atoms with Crippen molar-refractivity contribution in [2.24, 2.45) is 0 Å². The van der Waals surface area contributed by atoms with E-state index in [0.717, 1.165) is 0 Å². The molecule has 168 valence electrons. The Morgan fingerprint density at radius 1 is 0.700 bits per heavy atom. The number of ether oxygens (including phenoxy) is 4. The first kappa shape index (κ1) is 27.0. The molecular weight excluding hydrogens is 399 g/mol. The van der Waals surface area contributed by atoms with Gasteiger partial charge in [-0.15, -0.1) is 0 Å². The molecule has 0 spiro atoms. The molecule has 0 rings (SSSR count). The Labute approximate surface area is 176 Å². The topological polar surface area (TPSA) is 138 Å². The number of carbonyl (C=O) groups is 4. The van der Waals surface area contributed by atoms with Gasteiger partial charge in [-0.25, -0.2) is 19.2 Å². The summed E-state index contributed by atoms with van der Waals surface area (Å²) in [6, 6.07) is 0. The number of nitrogens with one attached hydrogen (secondary N) is 2. The van der Waals surface area contributed by atoms with Gasteiger partial charge in [0.25, 0.3) is 7.48 Å². The molecule has 0 saturated heterocycles. The zero-order valence-electron chi connectivity index (χ0n) is 17.5. The quantitative estimate of drug-likeness (QED) is 0.125. The van der Waals surface area contributed by atoms with Crippen molar-refractivity contribution in [3.63, 3.8) is 0 Å². The van der Waals surface area contributed by atoms with Crippen LogP contribution < -0.4 is 10.6 Å². The van der Waals surface area contributed by atoms with Crippen LogP contribution >= 0.6 is 0 Å². The van der Waals surface area contributed by atoms with Gasteiger partial charge in [0, 0.05) is 11.1 Å². The van der Waals surface area contributed by atoms with Crippen LogP contribution in [0, 0.1) is 0 Å². The van der Waals surface area contributed by atoms with Gasteiger partial charge in [-0.2, -0.15) is 0 Å². The van der Waals surface area contributed by atoms with Gasteiger partial charge in [-0.1, -0.05) is 13.2 Å². The van der Waals surface area contributed by atoms with E-state index in [-0.39, 0.29) is 57.3 Å². The summed E-state index contributed by atoms with van der Waals surface area (Å²) in [5, 5.41) is 4.84. The van der Waals surface area contributed by atoms with Gasteiger partial charge in [0.15, 0.2) is 0 Å². The average molecular weight is 428 g/mol. The lowest BCUT2D eigenvalue weighted by Crippen LogP contribution is -2.30. The minimum atomic E-state index is -0.654. The SMILES string of the molecule is C=C(C)C(=O)OCCNC(=O)OCCBOCCOC(=O)NCCOC(=O)C(=C)C. The number of esters is 2. The first-order chi connectivity index (χ1) is 14.2. The number of alkyl carbamates (subject to hydrolysis) is 2. The average Bonchev–Trinajstić information content (AvgIpc) is 2.69. The van der Waals surface area contributed by atoms with Gasteiger partial charge in [-0.3, -0.25) is 0 Å². The zero-order chi connectivity index (χ0) is 22.8. The Morgan fingerprint density at radius 3 is 1.63 bits per heavy atom. The number of carbonyl (C=O) groups excluding carboxylic acids is 4. The third-order valence-electron chi connectivity index (χ3n) is 3.03. The normalized spacial score (nSPS) is 9.67. The van der Waals surface area contributed by atoms with Crippen molar-refractivity contribution in [2.75, 3.05) is 46.1 Å². The minimum Gasteiger partial charge on any atom is -0.460 e. The lowest BCUT2D eigenvalue weighted by Gasteiger charge is -2.09. The fourth-order valence-corrected chi connectivity index (χ4v) is 1.56. The highest BCUT2D eigenvalue weighted by Crippen LogP contribution is 1.92. The van der Waals surface area contributed by atoms with Crippen LogP contribution in [-0.2, 0) is 33.2 Å². The molecule has 12 heteroatoms. The highest BCUT2D eigenvalue weighted by molar-refractivity contribution is 6.27. The van der Waals surface area contributed by atoms with E-state index < -0.39 is 24.1 Å². The minimum absolute atomic E-state index is 0.0184. The Bertz CT molecular complexity index is 558. The van der Waals surface area contributed by atoms with Gasteiger partial charge in [0.05, 0.1) is 26.3 Å². The summed E-state index contributed by atoms with van der Waals surface area (Å²) in [7, 11) is 0.311. The van der Waals surface area contributed by atoms with Crippen LogP contribution in [0.5, 0.6) is 0 Å². The molecule has 0 aromatic rings. The molecule has 0 bridgehead atoms. The molecule has 0 aliphatic carbocycles. The first-order valence-corrected chi connectivity index (χ1v) is 9.28. The zero-order valence-corrected chi connectivity index (χ0v) is 17.5. The molecule has 0 atom stereocenters. The molecule has 0 heterocycles. The van der Waals surface area contributed by atoms with E-state index in [0.29, 0.717) is 13.8 Å². The third kappa shape index (κ3) is 16.0. The van der Waals surface area contributed by atoms with Crippen LogP contribution in [0.3, 0.4) is 0 Å². The van der Waals surface area contributed by atoms with Crippen molar-refractivity contribution < 1.29 is 42.8 Å². The molecule has 0 fully saturated rings. The maximum atomic E-state index is 11.4. The van der Waals surface area contributed by atoms with Gasteiger partial charge in [-0.05, 0) is 20.2 Å². The third-order valence-corrected chi connectivity index (χ3v) is 3.03. The second-order valence-corrected chi connectivity index (χ2v) is 5.92. The summed E-state index contributed by atoms with van der Waals surface area (Å²) in [4.78, 5) is 45.0. The van der Waals surface area contributed by atoms with Gasteiger partial charge in [0.1, 0.15) is 19.8 Å². The van der Waals surface area contributed by atoms with Gasteiger partial charge in [0.2, 0.25) is 0 Å². The number of hydrogen-bond donors (Lipinski definition) is 2. The van der Waals surface area contributed by atoms with E-state index in [2.05, 4.69) is 23.8 Å². The maximum absolute atomic E-state index is 11.4. The number of hydrogen-bond acceptors (Lipinski definition) is 9. The first-order valence-electron chi connectivity index (χ1n) is 9.28. The fraction of sp³-hybridized carbons (Fsp3) is 0.556. The van der Waals surface area contributed by atoms with Gasteiger partial charge >= 0.3 is 24.1 Å². The standard InChI is InChI=1S/C18H29BN2O9/c1-13(2)15(22)26-9-6-20-17(24)28-8-5-19-30-12-11-29-18(25)21-7-10-27-16(23)14(3)4/h19H,1,3,5-12H2,2,4H3,(H,20,24)(H,21,25). The Morgan fingerprint density at radius 2 is 1.17 bits per heavy atom. The van der Waals surface area contributed by atoms with Crippen LogP contribution in [0.4, 0.5) is 9.59 Å². The molecule has 0 aliphatic rings. The molecule has 0 aliphatic heterocycles. The molecule has 30 heavy (non-hydrogen) atoms. The molecule has 0 radical (unpaired) electrons. The van der Waals surface area contributed by atoms with Crippen LogP contribution in [0.15, 0.2) is 24.3 Å². The maximum Gasteiger partial charge on any atom is 0.407 e. The molecule has 0 saturated carbocycles. The summed E-state index contributed by atoms with van der Waals surface area (Å²) in [6.07, 6.45) is -0.826.